The zero-order valence-corrected chi connectivity index (χ0v) is 11.7. The van der Waals surface area contributed by atoms with Gasteiger partial charge in [-0.05, 0) is 12.1 Å². The molecule has 0 bridgehead atoms. The van der Waals surface area contributed by atoms with Gasteiger partial charge in [0.05, 0.1) is 17.6 Å². The standard InChI is InChI=1S/C14H11N3O3S/c18-13(19)8-16-12(9-21-14(16)20)10-6-15-17(7-10)11-4-2-1-3-5-11/h1-7,9H,8H2,(H,18,19). The second kappa shape index (κ2) is 5.37. The number of aromatic nitrogens is 3. The van der Waals surface area contributed by atoms with Crippen molar-refractivity contribution in [3.8, 4) is 16.9 Å². The van der Waals surface area contributed by atoms with Gasteiger partial charge in [-0.1, -0.05) is 29.5 Å². The molecule has 106 valence electrons. The normalized spacial score (nSPS) is 10.7. The van der Waals surface area contributed by atoms with E-state index in [1.54, 1.807) is 22.5 Å². The molecule has 0 spiro atoms. The number of para-hydroxylation sites is 1. The van der Waals surface area contributed by atoms with Gasteiger partial charge in [0.15, 0.2) is 0 Å². The molecule has 0 aliphatic carbocycles. The molecule has 0 atom stereocenters. The number of aliphatic carboxylic acids is 1. The van der Waals surface area contributed by atoms with Crippen LogP contribution in [-0.2, 0) is 11.3 Å². The van der Waals surface area contributed by atoms with Crippen LogP contribution < -0.4 is 4.87 Å². The maximum Gasteiger partial charge on any atom is 0.323 e. The Kier molecular flexibility index (Phi) is 3.41. The summed E-state index contributed by atoms with van der Waals surface area (Å²) in [6, 6.07) is 9.55. The molecule has 0 unspecified atom stereocenters. The lowest BCUT2D eigenvalue weighted by atomic mass is 10.3. The molecule has 0 radical (unpaired) electrons. The summed E-state index contributed by atoms with van der Waals surface area (Å²) in [5.41, 5.74) is 2.17. The van der Waals surface area contributed by atoms with Crippen molar-refractivity contribution >= 4 is 17.3 Å². The summed E-state index contributed by atoms with van der Waals surface area (Å²) >= 11 is 0.980. The van der Waals surface area contributed by atoms with E-state index in [0.29, 0.717) is 11.3 Å². The highest BCUT2D eigenvalue weighted by atomic mass is 32.1. The third-order valence-corrected chi connectivity index (χ3v) is 3.74. The number of carbonyl (C=O) groups is 1. The van der Waals surface area contributed by atoms with Crippen LogP contribution in [0.15, 0.2) is 52.9 Å². The first-order valence-corrected chi connectivity index (χ1v) is 7.04. The number of rotatable bonds is 4. The summed E-state index contributed by atoms with van der Waals surface area (Å²) in [6.07, 6.45) is 3.39. The number of nitrogens with zero attached hydrogens (tertiary/aromatic N) is 3. The van der Waals surface area contributed by atoms with Crippen LogP contribution >= 0.6 is 11.3 Å². The number of hydrogen-bond donors (Lipinski definition) is 1. The van der Waals surface area contributed by atoms with E-state index in [9.17, 15) is 9.59 Å². The van der Waals surface area contributed by atoms with Crippen molar-refractivity contribution < 1.29 is 9.90 Å². The Morgan fingerprint density at radius 3 is 2.76 bits per heavy atom. The average molecular weight is 301 g/mol. The van der Waals surface area contributed by atoms with E-state index in [2.05, 4.69) is 5.10 Å². The summed E-state index contributed by atoms with van der Waals surface area (Å²) in [4.78, 5) is 22.3. The highest BCUT2D eigenvalue weighted by Gasteiger charge is 2.13. The molecule has 2 heterocycles. The van der Waals surface area contributed by atoms with Gasteiger partial charge in [0, 0.05) is 17.1 Å². The Balaban J connectivity index is 2.01. The number of carboxylic acid groups (broad SMARTS) is 1. The Labute approximate surface area is 123 Å². The summed E-state index contributed by atoms with van der Waals surface area (Å²) in [5.74, 6) is -1.05. The van der Waals surface area contributed by atoms with Crippen molar-refractivity contribution in [1.29, 1.82) is 0 Å². The molecular formula is C14H11N3O3S. The molecule has 0 aliphatic heterocycles. The van der Waals surface area contributed by atoms with Gasteiger partial charge in [0.1, 0.15) is 6.54 Å². The van der Waals surface area contributed by atoms with Crippen LogP contribution in [-0.4, -0.2) is 25.4 Å². The van der Waals surface area contributed by atoms with E-state index in [4.69, 9.17) is 5.11 Å². The molecule has 3 rings (SSSR count). The second-order valence-corrected chi connectivity index (χ2v) is 5.20. The van der Waals surface area contributed by atoms with E-state index in [1.165, 1.54) is 4.57 Å². The predicted molar refractivity (Wildman–Crippen MR) is 78.8 cm³/mol. The van der Waals surface area contributed by atoms with E-state index >= 15 is 0 Å². The Morgan fingerprint density at radius 2 is 2.05 bits per heavy atom. The zero-order valence-electron chi connectivity index (χ0n) is 10.8. The van der Waals surface area contributed by atoms with E-state index in [0.717, 1.165) is 17.0 Å². The van der Waals surface area contributed by atoms with Crippen LogP contribution in [0.5, 0.6) is 0 Å². The SMILES string of the molecule is O=C(O)Cn1c(-c2cnn(-c3ccccc3)c2)csc1=O. The molecule has 0 saturated carbocycles. The monoisotopic (exact) mass is 301 g/mol. The lowest BCUT2D eigenvalue weighted by Crippen LogP contribution is -2.19. The fourth-order valence-electron chi connectivity index (χ4n) is 2.02. The molecule has 0 saturated heterocycles. The van der Waals surface area contributed by atoms with Crippen LogP contribution in [0.4, 0.5) is 0 Å². The highest BCUT2D eigenvalue weighted by Crippen LogP contribution is 2.20. The Bertz CT molecular complexity index is 833. The summed E-state index contributed by atoms with van der Waals surface area (Å²) in [6.45, 7) is -0.353. The smallest absolute Gasteiger partial charge is 0.323 e. The Hall–Kier alpha value is -2.67. The summed E-state index contributed by atoms with van der Waals surface area (Å²) in [7, 11) is 0. The molecule has 2 aromatic heterocycles. The van der Waals surface area contributed by atoms with Gasteiger partial charge in [0.2, 0.25) is 0 Å². The minimum atomic E-state index is -1.05. The summed E-state index contributed by atoms with van der Waals surface area (Å²) in [5, 5.41) is 14.8. The number of benzene rings is 1. The molecule has 6 nitrogen and oxygen atoms in total. The molecule has 3 aromatic rings. The molecule has 1 aromatic carbocycles. The van der Waals surface area contributed by atoms with Crippen LogP contribution in [0.1, 0.15) is 0 Å². The molecular weight excluding hydrogens is 290 g/mol. The van der Waals surface area contributed by atoms with Crippen molar-refractivity contribution in [3.63, 3.8) is 0 Å². The molecule has 7 heteroatoms. The van der Waals surface area contributed by atoms with E-state index in [1.807, 2.05) is 30.3 Å². The van der Waals surface area contributed by atoms with Gasteiger partial charge in [-0.25, -0.2) is 4.68 Å². The largest absolute Gasteiger partial charge is 0.480 e. The lowest BCUT2D eigenvalue weighted by molar-refractivity contribution is -0.137. The van der Waals surface area contributed by atoms with Crippen molar-refractivity contribution in [1.82, 2.24) is 14.3 Å². The maximum absolute atomic E-state index is 11.7. The van der Waals surface area contributed by atoms with Crippen LogP contribution in [0.2, 0.25) is 0 Å². The molecule has 0 aliphatic rings. The fraction of sp³-hybridized carbons (Fsp3) is 0.0714. The van der Waals surface area contributed by atoms with Crippen LogP contribution in [0.25, 0.3) is 16.9 Å². The minimum absolute atomic E-state index is 0.292. The fourth-order valence-corrected chi connectivity index (χ4v) is 2.78. The number of thiazole rings is 1. The average Bonchev–Trinajstić information content (AvgIpc) is 3.08. The zero-order chi connectivity index (χ0) is 14.8. The molecule has 0 amide bonds. The third kappa shape index (κ3) is 2.63. The van der Waals surface area contributed by atoms with Gasteiger partial charge in [-0.15, -0.1) is 0 Å². The van der Waals surface area contributed by atoms with Crippen molar-refractivity contribution in [3.05, 3.63) is 57.8 Å². The van der Waals surface area contributed by atoms with Crippen molar-refractivity contribution in [2.45, 2.75) is 6.54 Å². The lowest BCUT2D eigenvalue weighted by Gasteiger charge is -2.02. The molecule has 1 N–H and O–H groups in total. The molecule has 21 heavy (non-hydrogen) atoms. The first kappa shape index (κ1) is 13.3. The van der Waals surface area contributed by atoms with Gasteiger partial charge >= 0.3 is 10.8 Å². The van der Waals surface area contributed by atoms with E-state index < -0.39 is 5.97 Å². The first-order chi connectivity index (χ1) is 10.1. The van der Waals surface area contributed by atoms with Gasteiger partial charge in [-0.2, -0.15) is 5.10 Å². The van der Waals surface area contributed by atoms with Crippen LogP contribution in [0.3, 0.4) is 0 Å². The van der Waals surface area contributed by atoms with Crippen molar-refractivity contribution in [2.24, 2.45) is 0 Å². The Morgan fingerprint density at radius 1 is 1.29 bits per heavy atom. The minimum Gasteiger partial charge on any atom is -0.480 e. The number of carboxylic acids is 1. The topological polar surface area (TPSA) is 77.1 Å². The quantitative estimate of drug-likeness (QED) is 0.797. The van der Waals surface area contributed by atoms with Gasteiger partial charge in [-0.3, -0.25) is 14.2 Å². The number of hydrogen-bond acceptors (Lipinski definition) is 4. The van der Waals surface area contributed by atoms with Crippen molar-refractivity contribution in [2.75, 3.05) is 0 Å². The maximum atomic E-state index is 11.7. The van der Waals surface area contributed by atoms with Gasteiger partial charge < -0.3 is 5.11 Å². The van der Waals surface area contributed by atoms with Crippen LogP contribution in [0, 0.1) is 0 Å². The molecule has 0 fully saturated rings. The van der Waals surface area contributed by atoms with Gasteiger partial charge in [0.25, 0.3) is 0 Å². The summed E-state index contributed by atoms with van der Waals surface area (Å²) < 4.78 is 2.92. The third-order valence-electron chi connectivity index (χ3n) is 2.98. The second-order valence-electron chi connectivity index (χ2n) is 4.38. The highest BCUT2D eigenvalue weighted by molar-refractivity contribution is 7.07. The predicted octanol–water partition coefficient (Wildman–Crippen LogP) is 1.85. The first-order valence-electron chi connectivity index (χ1n) is 6.16. The van der Waals surface area contributed by atoms with E-state index in [-0.39, 0.29) is 11.4 Å².